The van der Waals surface area contributed by atoms with Crippen LogP contribution in [0.15, 0.2) is 36.5 Å². The van der Waals surface area contributed by atoms with E-state index in [1.807, 2.05) is 24.3 Å². The van der Waals surface area contributed by atoms with E-state index in [4.69, 9.17) is 5.11 Å². The third-order valence-corrected chi connectivity index (χ3v) is 1.17. The van der Waals surface area contributed by atoms with E-state index >= 15 is 0 Å². The van der Waals surface area contributed by atoms with Crippen LogP contribution in [-0.4, -0.2) is 11.7 Å². The van der Waals surface area contributed by atoms with E-state index in [2.05, 4.69) is 24.3 Å². The fraction of sp³-hybridized carbons (Fsp3) is 0.333. The second kappa shape index (κ2) is 15.3. The van der Waals surface area contributed by atoms with Crippen molar-refractivity contribution in [3.8, 4) is 0 Å². The van der Waals surface area contributed by atoms with Crippen LogP contribution in [0.4, 0.5) is 0 Å². The molecule has 1 nitrogen and oxygen atoms in total. The first-order valence-electron chi connectivity index (χ1n) is 4.46. The Bertz CT molecular complexity index is 160. The maximum absolute atomic E-state index is 7.57. The first kappa shape index (κ1) is 16.2. The normalized spacial score (nSPS) is 13.9. The van der Waals surface area contributed by atoms with Crippen LogP contribution in [-0.2, 0) is 26.2 Å². The molecule has 0 saturated carbocycles. The Balaban J connectivity index is 0. The molecule has 0 aliphatic heterocycles. The summed E-state index contributed by atoms with van der Waals surface area (Å²) in [5, 5.41) is 7.57. The molecule has 0 heterocycles. The molecule has 2 heteroatoms. The topological polar surface area (TPSA) is 20.2 Å². The second-order valence-corrected chi connectivity index (χ2v) is 2.32. The van der Waals surface area contributed by atoms with Crippen LogP contribution in [0.25, 0.3) is 0 Å². The largest absolute Gasteiger partial charge is 2.00 e. The van der Waals surface area contributed by atoms with Crippen molar-refractivity contribution < 1.29 is 31.3 Å². The molecule has 0 unspecified atom stereocenters. The SMILES string of the molecule is CCO.[C-]1=CC=CC1.[C-]1=CC=CC1.[Zr+2]. The number of rotatable bonds is 0. The number of aliphatic hydroxyl groups is 1. The van der Waals surface area contributed by atoms with Crippen LogP contribution >= 0.6 is 0 Å². The van der Waals surface area contributed by atoms with E-state index in [9.17, 15) is 0 Å². The molecular formula is C12H16OZr. The molecule has 2 rings (SSSR count). The Morgan fingerprint density at radius 3 is 1.50 bits per heavy atom. The first-order chi connectivity index (χ1) is 6.41. The Hall–Kier alpha value is -0.197. The van der Waals surface area contributed by atoms with Crippen LogP contribution in [0.1, 0.15) is 19.8 Å². The summed E-state index contributed by atoms with van der Waals surface area (Å²) in [4.78, 5) is 0. The van der Waals surface area contributed by atoms with Gasteiger partial charge in [-0.2, -0.15) is 12.2 Å². The minimum atomic E-state index is 0. The van der Waals surface area contributed by atoms with Crippen LogP contribution < -0.4 is 0 Å². The predicted molar refractivity (Wildman–Crippen MR) is 55.9 cm³/mol. The van der Waals surface area contributed by atoms with Gasteiger partial charge in [0.2, 0.25) is 0 Å². The molecule has 0 aromatic carbocycles. The van der Waals surface area contributed by atoms with Gasteiger partial charge in [-0.1, -0.05) is 0 Å². The molecule has 74 valence electrons. The first-order valence-corrected chi connectivity index (χ1v) is 4.46. The fourth-order valence-electron chi connectivity index (χ4n) is 0.680. The van der Waals surface area contributed by atoms with Gasteiger partial charge in [-0.05, 0) is 6.92 Å². The second-order valence-electron chi connectivity index (χ2n) is 2.32. The summed E-state index contributed by atoms with van der Waals surface area (Å²) in [5.74, 6) is 0. The van der Waals surface area contributed by atoms with Crippen molar-refractivity contribution in [2.24, 2.45) is 0 Å². The van der Waals surface area contributed by atoms with E-state index in [0.29, 0.717) is 0 Å². The van der Waals surface area contributed by atoms with Gasteiger partial charge in [0.1, 0.15) is 0 Å². The average Bonchev–Trinajstić information content (AvgIpc) is 2.85. The van der Waals surface area contributed by atoms with Gasteiger partial charge in [-0.15, -0.1) is 12.8 Å². The smallest absolute Gasteiger partial charge is 0.397 e. The Morgan fingerprint density at radius 1 is 1.07 bits per heavy atom. The van der Waals surface area contributed by atoms with Gasteiger partial charge in [-0.25, -0.2) is 24.3 Å². The zero-order valence-electron chi connectivity index (χ0n) is 8.53. The summed E-state index contributed by atoms with van der Waals surface area (Å²) in [6, 6.07) is 0. The maximum Gasteiger partial charge on any atom is 2.00 e. The maximum atomic E-state index is 7.57. The molecule has 0 bridgehead atoms. The van der Waals surface area contributed by atoms with Gasteiger partial charge < -0.3 is 5.11 Å². The number of aliphatic hydroxyl groups excluding tert-OH is 1. The van der Waals surface area contributed by atoms with Gasteiger partial charge >= 0.3 is 26.2 Å². The summed E-state index contributed by atoms with van der Waals surface area (Å²) >= 11 is 0. The third kappa shape index (κ3) is 14.3. The summed E-state index contributed by atoms with van der Waals surface area (Å²) in [7, 11) is 0. The van der Waals surface area contributed by atoms with Crippen molar-refractivity contribution in [3.63, 3.8) is 0 Å². The van der Waals surface area contributed by atoms with Gasteiger partial charge in [0.05, 0.1) is 0 Å². The monoisotopic (exact) mass is 266 g/mol. The molecule has 0 amide bonds. The van der Waals surface area contributed by atoms with Crippen molar-refractivity contribution in [1.82, 2.24) is 0 Å². The fourth-order valence-corrected chi connectivity index (χ4v) is 0.680. The third-order valence-electron chi connectivity index (χ3n) is 1.17. The summed E-state index contributed by atoms with van der Waals surface area (Å²) in [6.07, 6.45) is 20.0. The molecule has 0 saturated heterocycles. The van der Waals surface area contributed by atoms with Crippen molar-refractivity contribution in [3.05, 3.63) is 48.6 Å². The Morgan fingerprint density at radius 2 is 1.43 bits per heavy atom. The molecule has 0 atom stereocenters. The molecule has 0 fully saturated rings. The molecule has 0 aromatic rings. The molecule has 14 heavy (non-hydrogen) atoms. The molecule has 2 aliphatic rings. The molecule has 0 radical (unpaired) electrons. The van der Waals surface area contributed by atoms with Gasteiger partial charge in [0, 0.05) is 6.61 Å². The summed E-state index contributed by atoms with van der Waals surface area (Å²) in [6.45, 7) is 1.93. The quantitative estimate of drug-likeness (QED) is 0.669. The van der Waals surface area contributed by atoms with Crippen LogP contribution in [0, 0.1) is 12.2 Å². The summed E-state index contributed by atoms with van der Waals surface area (Å²) in [5.41, 5.74) is 0. The minimum Gasteiger partial charge on any atom is -0.397 e. The predicted octanol–water partition coefficient (Wildman–Crippen LogP) is 2.61. The minimum absolute atomic E-state index is 0. The molecule has 0 aromatic heterocycles. The number of hydrogen-bond acceptors (Lipinski definition) is 1. The van der Waals surface area contributed by atoms with Gasteiger partial charge in [-0.3, -0.25) is 12.2 Å². The number of hydrogen-bond donors (Lipinski definition) is 1. The van der Waals surface area contributed by atoms with Crippen LogP contribution in [0.3, 0.4) is 0 Å². The van der Waals surface area contributed by atoms with Crippen molar-refractivity contribution >= 4 is 0 Å². The molecule has 0 spiro atoms. The zero-order chi connectivity index (χ0) is 9.78. The standard InChI is InChI=1S/2C5H5.C2H6O.Zr/c2*1-2-4-5-3-1;1-2-3;/h2*1-3H,4H2;3H,2H2,1H3;/q2*-1;;+2. The van der Waals surface area contributed by atoms with Crippen molar-refractivity contribution in [1.29, 1.82) is 0 Å². The van der Waals surface area contributed by atoms with Crippen molar-refractivity contribution in [2.75, 3.05) is 6.61 Å². The van der Waals surface area contributed by atoms with E-state index in [1.54, 1.807) is 6.92 Å². The van der Waals surface area contributed by atoms with E-state index in [1.165, 1.54) is 0 Å². The van der Waals surface area contributed by atoms with E-state index in [-0.39, 0.29) is 32.8 Å². The zero-order valence-corrected chi connectivity index (χ0v) is 11.0. The van der Waals surface area contributed by atoms with Crippen molar-refractivity contribution in [2.45, 2.75) is 19.8 Å². The molecular weight excluding hydrogens is 251 g/mol. The average molecular weight is 267 g/mol. The molecule has 2 aliphatic carbocycles. The number of allylic oxidation sites excluding steroid dienone is 8. The van der Waals surface area contributed by atoms with Crippen LogP contribution in [0.5, 0.6) is 0 Å². The summed E-state index contributed by atoms with van der Waals surface area (Å²) < 4.78 is 0. The molecule has 1 N–H and O–H groups in total. The van der Waals surface area contributed by atoms with E-state index in [0.717, 1.165) is 12.8 Å². The van der Waals surface area contributed by atoms with Crippen LogP contribution in [0.2, 0.25) is 0 Å². The Kier molecular flexibility index (Phi) is 17.7. The van der Waals surface area contributed by atoms with E-state index < -0.39 is 0 Å². The Labute approximate surface area is 106 Å². The van der Waals surface area contributed by atoms with Gasteiger partial charge in [0.15, 0.2) is 0 Å². The van der Waals surface area contributed by atoms with Gasteiger partial charge in [0.25, 0.3) is 0 Å².